The summed E-state index contributed by atoms with van der Waals surface area (Å²) < 4.78 is 0. The molecule has 64 valence electrons. The Morgan fingerprint density at radius 3 is 0.900 bits per heavy atom. The van der Waals surface area contributed by atoms with Crippen molar-refractivity contribution in [2.75, 3.05) is 12.5 Å². The van der Waals surface area contributed by atoms with Crippen LogP contribution in [0.15, 0.2) is 0 Å². The molecular weight excluding hydrogens is 168 g/mol. The molecule has 10 heavy (non-hydrogen) atoms. The summed E-state index contributed by atoms with van der Waals surface area (Å²) in [5, 5.41) is 0. The second-order valence-corrected chi connectivity index (χ2v) is 3.43. The van der Waals surface area contributed by atoms with Gasteiger partial charge in [-0.1, -0.05) is 0 Å². The quantitative estimate of drug-likeness (QED) is 0.415. The van der Waals surface area contributed by atoms with Gasteiger partial charge in [0.15, 0.2) is 0 Å². The Kier molecular flexibility index (Phi) is 12.5. The molecule has 0 fully saturated rings. The average Bonchev–Trinajstić information content (AvgIpc) is 1.89. The molecule has 0 aliphatic heterocycles. The van der Waals surface area contributed by atoms with Crippen LogP contribution in [-0.4, -0.2) is 23.5 Å². The molecule has 0 saturated heterocycles. The minimum Gasteiger partial charge on any atom is -0.308 e. The van der Waals surface area contributed by atoms with E-state index in [4.69, 9.17) is 22.9 Å². The van der Waals surface area contributed by atoms with Gasteiger partial charge in [0.25, 0.3) is 0 Å². The molecular formula is C4H16N4S2. The Morgan fingerprint density at radius 1 is 0.800 bits per heavy atom. The van der Waals surface area contributed by atoms with Crippen molar-refractivity contribution in [2.24, 2.45) is 22.9 Å². The van der Waals surface area contributed by atoms with Gasteiger partial charge in [-0.15, -0.1) is 23.5 Å². The van der Waals surface area contributed by atoms with Gasteiger partial charge < -0.3 is 22.9 Å². The summed E-state index contributed by atoms with van der Waals surface area (Å²) in [4.78, 5) is 0. The van der Waals surface area contributed by atoms with Gasteiger partial charge in [-0.3, -0.25) is 0 Å². The maximum atomic E-state index is 5.03. The Labute approximate surface area is 70.4 Å². The van der Waals surface area contributed by atoms with Gasteiger partial charge in [-0.05, 0) is 12.5 Å². The SMILES string of the molecule is CSC(N)N.CSC(N)N. The van der Waals surface area contributed by atoms with Crippen LogP contribution in [-0.2, 0) is 0 Å². The predicted molar refractivity (Wildman–Crippen MR) is 51.4 cm³/mol. The van der Waals surface area contributed by atoms with E-state index in [9.17, 15) is 0 Å². The van der Waals surface area contributed by atoms with Crippen molar-refractivity contribution >= 4 is 23.5 Å². The zero-order valence-electron chi connectivity index (χ0n) is 6.28. The van der Waals surface area contributed by atoms with E-state index in [1.807, 2.05) is 12.5 Å². The number of rotatable bonds is 2. The van der Waals surface area contributed by atoms with E-state index < -0.39 is 0 Å². The molecule has 0 unspecified atom stereocenters. The minimum absolute atomic E-state index is 0.199. The van der Waals surface area contributed by atoms with Crippen LogP contribution in [0.5, 0.6) is 0 Å². The van der Waals surface area contributed by atoms with Crippen LogP contribution in [0, 0.1) is 0 Å². The lowest BCUT2D eigenvalue weighted by Crippen LogP contribution is -2.25. The largest absolute Gasteiger partial charge is 0.308 e. The van der Waals surface area contributed by atoms with Crippen LogP contribution in [0.25, 0.3) is 0 Å². The summed E-state index contributed by atoms with van der Waals surface area (Å²) in [5.74, 6) is 0. The smallest absolute Gasteiger partial charge is 0.100 e. The lowest BCUT2D eigenvalue weighted by molar-refractivity contribution is 0.992. The van der Waals surface area contributed by atoms with E-state index in [-0.39, 0.29) is 11.0 Å². The van der Waals surface area contributed by atoms with Gasteiger partial charge in [0.05, 0.1) is 0 Å². The third kappa shape index (κ3) is 23.6. The molecule has 0 radical (unpaired) electrons. The third-order valence-corrected chi connectivity index (χ3v) is 1.63. The maximum Gasteiger partial charge on any atom is 0.100 e. The highest BCUT2D eigenvalue weighted by Crippen LogP contribution is 1.87. The molecule has 0 saturated carbocycles. The summed E-state index contributed by atoms with van der Waals surface area (Å²) in [5.41, 5.74) is 19.7. The topological polar surface area (TPSA) is 104 Å². The van der Waals surface area contributed by atoms with Crippen LogP contribution in [0.1, 0.15) is 0 Å². The van der Waals surface area contributed by atoms with Gasteiger partial charge in [0.1, 0.15) is 11.0 Å². The van der Waals surface area contributed by atoms with Crippen LogP contribution >= 0.6 is 23.5 Å². The lowest BCUT2D eigenvalue weighted by Gasteiger charge is -1.92. The normalized spacial score (nSPS) is 9.60. The minimum atomic E-state index is -0.199. The number of nitrogens with two attached hydrogens (primary N) is 4. The molecule has 0 aromatic carbocycles. The maximum absolute atomic E-state index is 5.03. The van der Waals surface area contributed by atoms with Crippen molar-refractivity contribution in [3.05, 3.63) is 0 Å². The summed E-state index contributed by atoms with van der Waals surface area (Å²) >= 11 is 2.87. The molecule has 8 N–H and O–H groups in total. The van der Waals surface area contributed by atoms with E-state index in [0.29, 0.717) is 0 Å². The van der Waals surface area contributed by atoms with Gasteiger partial charge >= 0.3 is 0 Å². The highest BCUT2D eigenvalue weighted by Gasteiger charge is 1.79. The number of hydrogen-bond acceptors (Lipinski definition) is 6. The molecule has 0 spiro atoms. The van der Waals surface area contributed by atoms with Crippen LogP contribution in [0.4, 0.5) is 0 Å². The van der Waals surface area contributed by atoms with Crippen LogP contribution < -0.4 is 22.9 Å². The summed E-state index contributed by atoms with van der Waals surface area (Å²) in [6.07, 6.45) is 3.73. The first kappa shape index (κ1) is 13.2. The van der Waals surface area contributed by atoms with Crippen molar-refractivity contribution in [2.45, 2.75) is 11.0 Å². The van der Waals surface area contributed by atoms with Gasteiger partial charge in [0.2, 0.25) is 0 Å². The van der Waals surface area contributed by atoms with Crippen molar-refractivity contribution in [3.63, 3.8) is 0 Å². The number of thioether (sulfide) groups is 2. The van der Waals surface area contributed by atoms with Crippen molar-refractivity contribution in [3.8, 4) is 0 Å². The van der Waals surface area contributed by atoms with Crippen molar-refractivity contribution < 1.29 is 0 Å². The lowest BCUT2D eigenvalue weighted by atomic mass is 11.2. The van der Waals surface area contributed by atoms with Gasteiger partial charge in [0, 0.05) is 0 Å². The first-order valence-corrected chi connectivity index (χ1v) is 5.20. The zero-order valence-corrected chi connectivity index (χ0v) is 7.91. The summed E-state index contributed by atoms with van der Waals surface area (Å²) in [6, 6.07) is 0. The molecule has 0 aliphatic carbocycles. The van der Waals surface area contributed by atoms with E-state index >= 15 is 0 Å². The monoisotopic (exact) mass is 184 g/mol. The summed E-state index contributed by atoms with van der Waals surface area (Å²) in [6.45, 7) is 0. The fraction of sp³-hybridized carbons (Fsp3) is 1.00. The molecule has 0 rings (SSSR count). The molecule has 0 aromatic heterocycles. The Balaban J connectivity index is 0. The predicted octanol–water partition coefficient (Wildman–Crippen LogP) is -0.899. The van der Waals surface area contributed by atoms with E-state index in [1.54, 1.807) is 0 Å². The first-order valence-electron chi connectivity index (χ1n) is 2.62. The Bertz CT molecular complexity index is 51.2. The Hall–Kier alpha value is 0.540. The molecule has 0 aromatic rings. The fourth-order valence-corrected chi connectivity index (χ4v) is 0. The zero-order chi connectivity index (χ0) is 8.57. The molecule has 0 atom stereocenters. The fourth-order valence-electron chi connectivity index (χ4n) is 0. The van der Waals surface area contributed by atoms with Crippen LogP contribution in [0.2, 0.25) is 0 Å². The van der Waals surface area contributed by atoms with Crippen molar-refractivity contribution in [1.82, 2.24) is 0 Å². The molecule has 0 heterocycles. The van der Waals surface area contributed by atoms with Crippen molar-refractivity contribution in [1.29, 1.82) is 0 Å². The molecule has 4 nitrogen and oxygen atoms in total. The van der Waals surface area contributed by atoms with Gasteiger partial charge in [-0.2, -0.15) is 0 Å². The second-order valence-electron chi connectivity index (χ2n) is 1.40. The van der Waals surface area contributed by atoms with E-state index in [0.717, 1.165) is 0 Å². The third-order valence-electron chi connectivity index (χ3n) is 0.544. The second kappa shape index (κ2) is 9.54. The van der Waals surface area contributed by atoms with Gasteiger partial charge in [-0.25, -0.2) is 0 Å². The highest BCUT2D eigenvalue weighted by molar-refractivity contribution is 7.99. The molecule has 0 bridgehead atoms. The summed E-state index contributed by atoms with van der Waals surface area (Å²) in [7, 11) is 0. The van der Waals surface area contributed by atoms with E-state index in [2.05, 4.69) is 0 Å². The van der Waals surface area contributed by atoms with Crippen LogP contribution in [0.3, 0.4) is 0 Å². The Morgan fingerprint density at radius 2 is 0.900 bits per heavy atom. The molecule has 6 heteroatoms. The first-order chi connectivity index (χ1) is 4.54. The number of hydrogen-bond donors (Lipinski definition) is 4. The standard InChI is InChI=1S/2C2H8N2S/c2*1-5-2(3)4/h2*2H,3-4H2,1H3. The highest BCUT2D eigenvalue weighted by atomic mass is 32.2. The van der Waals surface area contributed by atoms with E-state index in [1.165, 1.54) is 23.5 Å². The molecule has 0 aliphatic rings. The average molecular weight is 184 g/mol. The molecule has 0 amide bonds.